The van der Waals surface area contributed by atoms with E-state index in [-0.39, 0.29) is 30.0 Å². The zero-order chi connectivity index (χ0) is 33.8. The van der Waals surface area contributed by atoms with Gasteiger partial charge >= 0.3 is 6.09 Å². The zero-order valence-corrected chi connectivity index (χ0v) is 27.7. The summed E-state index contributed by atoms with van der Waals surface area (Å²) < 4.78 is 8.75. The molecule has 6 N–H and O–H groups in total. The van der Waals surface area contributed by atoms with Crippen molar-refractivity contribution in [3.63, 3.8) is 0 Å². The van der Waals surface area contributed by atoms with Crippen LogP contribution >= 0.6 is 0 Å². The van der Waals surface area contributed by atoms with Crippen molar-refractivity contribution in [3.05, 3.63) is 77.0 Å². The summed E-state index contributed by atoms with van der Waals surface area (Å²) in [7, 11) is 4.54. The number of aliphatic hydroxyl groups excluding tert-OH is 1. The van der Waals surface area contributed by atoms with Gasteiger partial charge in [0.1, 0.15) is 34.5 Å². The Labute approximate surface area is 271 Å². The molecule has 0 aliphatic rings. The molecular weight excluding hydrogens is 606 g/mol. The molecule has 0 saturated heterocycles. The molecule has 5 rings (SSSR count). The minimum absolute atomic E-state index is 0. The summed E-state index contributed by atoms with van der Waals surface area (Å²) in [4.78, 5) is 56.4. The summed E-state index contributed by atoms with van der Waals surface area (Å²) in [6, 6.07) is 11.4. The summed E-state index contributed by atoms with van der Waals surface area (Å²) in [5.41, 5.74) is 2.52. The number of imidazole rings is 2. The molecule has 1 aromatic carbocycles. The van der Waals surface area contributed by atoms with Crippen LogP contribution in [0.3, 0.4) is 0 Å². The van der Waals surface area contributed by atoms with Crippen LogP contribution in [0.5, 0.6) is 0 Å². The Morgan fingerprint density at radius 2 is 1.32 bits per heavy atom. The van der Waals surface area contributed by atoms with Gasteiger partial charge in [0.15, 0.2) is 0 Å². The Kier molecular flexibility index (Phi) is 11.3. The fraction of sp³-hybridized carbons (Fsp3) is 0.344. The molecule has 0 spiro atoms. The van der Waals surface area contributed by atoms with Crippen LogP contribution in [0.1, 0.15) is 64.8 Å². The van der Waals surface area contributed by atoms with Crippen molar-refractivity contribution in [2.24, 2.45) is 14.1 Å². The van der Waals surface area contributed by atoms with E-state index in [0.29, 0.717) is 34.4 Å². The minimum atomic E-state index is -0.628. The fourth-order valence-corrected chi connectivity index (χ4v) is 4.70. The summed E-state index contributed by atoms with van der Waals surface area (Å²) in [6.07, 6.45) is 1.14. The molecule has 0 fully saturated rings. The second kappa shape index (κ2) is 14.8. The van der Waals surface area contributed by atoms with Crippen LogP contribution in [0.2, 0.25) is 0 Å². The zero-order valence-electron chi connectivity index (χ0n) is 27.7. The SMILES string of the molecule is CO.Cc1c(C(=O)NCc2nc(C(=O)Nc3ccc4ccc5cccnc5c4n3)c(C)n2C)nc(CNC(=O)OC(C)(C)C)n1C.O. The van der Waals surface area contributed by atoms with Crippen molar-refractivity contribution in [3.8, 4) is 0 Å². The number of hydrogen-bond acceptors (Lipinski definition) is 9. The van der Waals surface area contributed by atoms with Crippen LogP contribution in [0.25, 0.3) is 21.8 Å². The topological polar surface area (TPSA) is 210 Å². The van der Waals surface area contributed by atoms with E-state index >= 15 is 0 Å². The number of amides is 3. The van der Waals surface area contributed by atoms with Gasteiger partial charge in [-0.2, -0.15) is 0 Å². The molecule has 0 unspecified atom stereocenters. The molecule has 0 aliphatic heterocycles. The van der Waals surface area contributed by atoms with Gasteiger partial charge in [-0.05, 0) is 52.8 Å². The average molecular weight is 648 g/mol. The van der Waals surface area contributed by atoms with Crippen molar-refractivity contribution < 1.29 is 29.7 Å². The third-order valence-electron chi connectivity index (χ3n) is 7.25. The maximum atomic E-state index is 13.2. The molecule has 15 heteroatoms. The molecule has 0 bridgehead atoms. The van der Waals surface area contributed by atoms with Gasteiger partial charge in [0, 0.05) is 49.6 Å². The van der Waals surface area contributed by atoms with Crippen molar-refractivity contribution in [2.45, 2.75) is 53.3 Å². The highest BCUT2D eigenvalue weighted by Gasteiger charge is 2.22. The number of aliphatic hydroxyl groups is 1. The largest absolute Gasteiger partial charge is 0.444 e. The number of benzene rings is 1. The van der Waals surface area contributed by atoms with E-state index in [9.17, 15) is 14.4 Å². The molecule has 3 amide bonds. The summed E-state index contributed by atoms with van der Waals surface area (Å²) in [5, 5.41) is 17.2. The molecule has 250 valence electrons. The Morgan fingerprint density at radius 1 is 0.787 bits per heavy atom. The first-order valence-electron chi connectivity index (χ1n) is 14.5. The third kappa shape index (κ3) is 8.06. The number of hydrogen-bond donors (Lipinski definition) is 4. The number of nitrogens with one attached hydrogen (secondary N) is 3. The number of carbonyl (C=O) groups excluding carboxylic acids is 3. The monoisotopic (exact) mass is 647 g/mol. The van der Waals surface area contributed by atoms with Gasteiger partial charge in [-0.1, -0.05) is 18.2 Å². The summed E-state index contributed by atoms with van der Waals surface area (Å²) in [5.74, 6) is 0.537. The van der Waals surface area contributed by atoms with Crippen molar-refractivity contribution in [1.29, 1.82) is 0 Å². The van der Waals surface area contributed by atoms with Crippen LogP contribution in [-0.4, -0.2) is 70.3 Å². The molecule has 4 heterocycles. The van der Waals surface area contributed by atoms with Crippen LogP contribution in [0.4, 0.5) is 10.6 Å². The van der Waals surface area contributed by atoms with E-state index in [1.807, 2.05) is 30.3 Å². The van der Waals surface area contributed by atoms with E-state index in [4.69, 9.17) is 9.84 Å². The molecule has 4 aromatic heterocycles. The number of carbonyl (C=O) groups is 3. The maximum absolute atomic E-state index is 13.2. The van der Waals surface area contributed by atoms with Crippen molar-refractivity contribution in [2.75, 3.05) is 12.4 Å². The number of aromatic nitrogens is 6. The van der Waals surface area contributed by atoms with Gasteiger partial charge in [0.05, 0.1) is 24.1 Å². The quantitative estimate of drug-likeness (QED) is 0.191. The Balaban J connectivity index is 0.00000196. The van der Waals surface area contributed by atoms with Gasteiger partial charge in [-0.15, -0.1) is 0 Å². The van der Waals surface area contributed by atoms with Crippen LogP contribution < -0.4 is 16.0 Å². The summed E-state index contributed by atoms with van der Waals surface area (Å²) >= 11 is 0. The molecular formula is C32H41N9O6. The highest BCUT2D eigenvalue weighted by molar-refractivity contribution is 6.06. The molecule has 0 radical (unpaired) electrons. The number of nitrogens with zero attached hydrogens (tertiary/aromatic N) is 6. The number of rotatable bonds is 7. The van der Waals surface area contributed by atoms with Gasteiger partial charge in [0.25, 0.3) is 11.8 Å². The lowest BCUT2D eigenvalue weighted by Crippen LogP contribution is -2.32. The Morgan fingerprint density at radius 3 is 1.91 bits per heavy atom. The predicted molar refractivity (Wildman–Crippen MR) is 177 cm³/mol. The van der Waals surface area contributed by atoms with E-state index in [1.165, 1.54) is 0 Å². The second-order valence-electron chi connectivity index (χ2n) is 11.4. The second-order valence-corrected chi connectivity index (χ2v) is 11.4. The van der Waals surface area contributed by atoms with E-state index in [1.54, 1.807) is 70.1 Å². The molecule has 0 aliphatic carbocycles. The maximum Gasteiger partial charge on any atom is 0.408 e. The number of fused-ring (bicyclic) bond motifs is 3. The van der Waals surface area contributed by atoms with Crippen molar-refractivity contribution in [1.82, 2.24) is 39.7 Å². The number of anilines is 1. The van der Waals surface area contributed by atoms with E-state index in [2.05, 4.69) is 35.9 Å². The lowest BCUT2D eigenvalue weighted by molar-refractivity contribution is 0.0521. The molecule has 0 atom stereocenters. The third-order valence-corrected chi connectivity index (χ3v) is 7.25. The minimum Gasteiger partial charge on any atom is -0.444 e. The first-order valence-corrected chi connectivity index (χ1v) is 14.5. The molecule has 0 saturated carbocycles. The van der Waals surface area contributed by atoms with Crippen LogP contribution in [0.15, 0.2) is 42.6 Å². The summed E-state index contributed by atoms with van der Waals surface area (Å²) in [6.45, 7) is 9.04. The first-order chi connectivity index (χ1) is 21.8. The molecule has 47 heavy (non-hydrogen) atoms. The van der Waals surface area contributed by atoms with Gasteiger partial charge in [-0.25, -0.2) is 19.7 Å². The fourth-order valence-electron chi connectivity index (χ4n) is 4.70. The number of alkyl carbamates (subject to hydrolysis) is 1. The highest BCUT2D eigenvalue weighted by atomic mass is 16.6. The van der Waals surface area contributed by atoms with Gasteiger partial charge in [0.2, 0.25) is 0 Å². The van der Waals surface area contributed by atoms with Crippen LogP contribution in [0, 0.1) is 13.8 Å². The molecule has 15 nitrogen and oxygen atoms in total. The highest BCUT2D eigenvalue weighted by Crippen LogP contribution is 2.24. The smallest absolute Gasteiger partial charge is 0.408 e. The van der Waals surface area contributed by atoms with E-state index < -0.39 is 23.5 Å². The van der Waals surface area contributed by atoms with Gasteiger partial charge < -0.3 is 40.4 Å². The lowest BCUT2D eigenvalue weighted by Gasteiger charge is -2.19. The van der Waals surface area contributed by atoms with Crippen LogP contribution in [-0.2, 0) is 31.9 Å². The van der Waals surface area contributed by atoms with Crippen molar-refractivity contribution >= 4 is 45.5 Å². The Hall–Kier alpha value is -5.41. The molecule has 5 aromatic rings. The number of pyridine rings is 2. The average Bonchev–Trinajstić information content (AvgIpc) is 3.48. The van der Waals surface area contributed by atoms with Gasteiger partial charge in [-0.3, -0.25) is 14.6 Å². The normalized spacial score (nSPS) is 10.9. The Bertz CT molecular complexity index is 1920. The number of ether oxygens (including phenoxy) is 1. The lowest BCUT2D eigenvalue weighted by atomic mass is 10.1. The standard InChI is InChI=1S/C31H35N9O4.CH4O.H2O/c1-17-24(37-23(39(17)6)16-34-30(43)44-31(3,4)5)28(41)33-15-22-38-25(18(2)40(22)7)29(42)36-21-13-12-20-11-10-19-9-8-14-32-26(19)27(20)35-21;1-2;/h8-14H,15-16H2,1-7H3,(H,33,41)(H,34,43)(H,35,36,42);2H,1H3;1H2. The first kappa shape index (κ1) is 36.1. The predicted octanol–water partition coefficient (Wildman–Crippen LogP) is 2.86. The van der Waals surface area contributed by atoms with E-state index in [0.717, 1.165) is 23.4 Å².